The molecule has 0 aliphatic heterocycles. The quantitative estimate of drug-likeness (QED) is 0.582. The van der Waals surface area contributed by atoms with Gasteiger partial charge >= 0.3 is 5.97 Å². The third kappa shape index (κ3) is 1.99. The van der Waals surface area contributed by atoms with Gasteiger partial charge in [0, 0.05) is 11.9 Å². The lowest BCUT2D eigenvalue weighted by atomic mass is 10.2. The van der Waals surface area contributed by atoms with E-state index in [0.29, 0.717) is 22.5 Å². The van der Waals surface area contributed by atoms with Crippen LogP contribution in [0.1, 0.15) is 10.4 Å². The molecule has 4 aromatic rings. The number of nitrogens with zero attached hydrogens (tertiary/aromatic N) is 5. The molecule has 3 heterocycles. The van der Waals surface area contributed by atoms with Crippen LogP contribution in [-0.4, -0.2) is 35.9 Å². The molecule has 0 saturated heterocycles. The molecule has 0 unspecified atom stereocenters. The van der Waals surface area contributed by atoms with Crippen LogP contribution in [0.4, 0.5) is 5.82 Å². The van der Waals surface area contributed by atoms with Gasteiger partial charge in [0.15, 0.2) is 17.3 Å². The summed E-state index contributed by atoms with van der Waals surface area (Å²) in [6, 6.07) is 9.16. The highest BCUT2D eigenvalue weighted by Gasteiger charge is 2.23. The van der Waals surface area contributed by atoms with Crippen LogP contribution < -0.4 is 5.73 Å². The van der Waals surface area contributed by atoms with Crippen LogP contribution in [-0.2, 0) is 0 Å². The minimum Gasteiger partial charge on any atom is -0.478 e. The Hall–Kier alpha value is -3.75. The maximum Gasteiger partial charge on any atom is 0.339 e. The molecule has 0 bridgehead atoms. The molecular weight excluding hydrogens is 312 g/mol. The van der Waals surface area contributed by atoms with Crippen LogP contribution in [0, 0.1) is 0 Å². The van der Waals surface area contributed by atoms with Crippen LogP contribution in [0.25, 0.3) is 28.2 Å². The van der Waals surface area contributed by atoms with Gasteiger partial charge in [0.05, 0.1) is 11.7 Å². The van der Waals surface area contributed by atoms with E-state index >= 15 is 0 Å². The van der Waals surface area contributed by atoms with Crippen molar-refractivity contribution in [1.29, 1.82) is 0 Å². The Labute approximate surface area is 134 Å². The Balaban J connectivity index is 2.16. The number of nitrogen functional groups attached to an aromatic ring is 1. The molecule has 9 nitrogen and oxygen atoms in total. The molecule has 0 amide bonds. The maximum absolute atomic E-state index is 11.6. The molecule has 0 atom stereocenters. The fraction of sp³-hybridized carbons (Fsp3) is 0. The van der Waals surface area contributed by atoms with E-state index in [9.17, 15) is 9.90 Å². The van der Waals surface area contributed by atoms with E-state index in [2.05, 4.69) is 24.9 Å². The molecule has 0 radical (unpaired) electrons. The van der Waals surface area contributed by atoms with Gasteiger partial charge in [-0.1, -0.05) is 18.2 Å². The van der Waals surface area contributed by atoms with E-state index in [1.165, 1.54) is 12.4 Å². The molecule has 4 rings (SSSR count). The van der Waals surface area contributed by atoms with Gasteiger partial charge in [0.2, 0.25) is 0 Å². The topological polar surface area (TPSA) is 133 Å². The first-order valence-corrected chi connectivity index (χ1v) is 6.90. The fourth-order valence-corrected chi connectivity index (χ4v) is 2.52. The molecule has 118 valence electrons. The predicted octanol–water partition coefficient (Wildman–Crippen LogP) is 1.75. The number of para-hydroxylation sites is 1. The smallest absolute Gasteiger partial charge is 0.339 e. The zero-order chi connectivity index (χ0) is 16.7. The van der Waals surface area contributed by atoms with Gasteiger partial charge in [0.25, 0.3) is 0 Å². The van der Waals surface area contributed by atoms with E-state index in [0.717, 1.165) is 0 Å². The van der Waals surface area contributed by atoms with Gasteiger partial charge in [-0.3, -0.25) is 9.55 Å². The molecule has 3 N–H and O–H groups in total. The Morgan fingerprint density at radius 2 is 1.96 bits per heavy atom. The van der Waals surface area contributed by atoms with E-state index in [1.807, 2.05) is 30.3 Å². The maximum atomic E-state index is 11.6. The summed E-state index contributed by atoms with van der Waals surface area (Å²) in [5.74, 6) is -0.722. The first-order chi connectivity index (χ1) is 11.7. The number of anilines is 1. The number of hydrogen-bond acceptors (Lipinski definition) is 7. The molecule has 0 fully saturated rings. The van der Waals surface area contributed by atoms with E-state index in [4.69, 9.17) is 5.73 Å². The third-order valence-corrected chi connectivity index (χ3v) is 3.53. The minimum absolute atomic E-state index is 0.0186. The van der Waals surface area contributed by atoms with Gasteiger partial charge in [0.1, 0.15) is 11.1 Å². The zero-order valence-corrected chi connectivity index (χ0v) is 12.1. The number of nitrogens with two attached hydrogens (primary N) is 1. The zero-order valence-electron chi connectivity index (χ0n) is 12.1. The minimum atomic E-state index is -1.11. The monoisotopic (exact) mass is 322 g/mol. The molecule has 1 aromatic carbocycles. The van der Waals surface area contributed by atoms with Crippen molar-refractivity contribution in [3.8, 4) is 17.2 Å². The Kier molecular flexibility index (Phi) is 2.98. The normalized spacial score (nSPS) is 11.0. The molecule has 0 aliphatic carbocycles. The number of benzene rings is 1. The third-order valence-electron chi connectivity index (χ3n) is 3.53. The van der Waals surface area contributed by atoms with Crippen molar-refractivity contribution in [2.24, 2.45) is 0 Å². The highest BCUT2D eigenvalue weighted by atomic mass is 16.6. The number of pyridine rings is 1. The molecule has 0 saturated carbocycles. The van der Waals surface area contributed by atoms with Crippen molar-refractivity contribution in [3.05, 3.63) is 48.3 Å². The second-order valence-electron chi connectivity index (χ2n) is 4.96. The number of aromatic carboxylic acids is 1. The average Bonchev–Trinajstić information content (AvgIpc) is 3.18. The second-order valence-corrected chi connectivity index (χ2v) is 4.96. The summed E-state index contributed by atoms with van der Waals surface area (Å²) in [6.45, 7) is 0. The van der Waals surface area contributed by atoms with Gasteiger partial charge in [-0.25, -0.2) is 14.4 Å². The Morgan fingerprint density at radius 1 is 1.17 bits per heavy atom. The molecule has 24 heavy (non-hydrogen) atoms. The van der Waals surface area contributed by atoms with Crippen molar-refractivity contribution in [1.82, 2.24) is 24.8 Å². The fourth-order valence-electron chi connectivity index (χ4n) is 2.52. The molecule has 0 aliphatic rings. The summed E-state index contributed by atoms with van der Waals surface area (Å²) in [4.78, 5) is 20.0. The van der Waals surface area contributed by atoms with Crippen LogP contribution in [0.2, 0.25) is 0 Å². The van der Waals surface area contributed by atoms with Crippen molar-refractivity contribution in [2.45, 2.75) is 0 Å². The molecule has 9 heteroatoms. The molecule has 0 spiro atoms. The summed E-state index contributed by atoms with van der Waals surface area (Å²) < 4.78 is 6.30. The van der Waals surface area contributed by atoms with Crippen LogP contribution in [0.3, 0.4) is 0 Å². The number of hydrogen-bond donors (Lipinski definition) is 2. The second kappa shape index (κ2) is 5.16. The Morgan fingerprint density at radius 3 is 2.62 bits per heavy atom. The summed E-state index contributed by atoms with van der Waals surface area (Å²) in [5.41, 5.74) is 7.52. The lowest BCUT2D eigenvalue weighted by molar-refractivity contribution is 0.0698. The SMILES string of the molecule is Nc1nonc1-c1nc2cncc(C(=O)O)c2n1-c1ccccc1. The van der Waals surface area contributed by atoms with Gasteiger partial charge in [-0.15, -0.1) is 0 Å². The number of carboxylic acids is 1. The first-order valence-electron chi connectivity index (χ1n) is 6.90. The highest BCUT2D eigenvalue weighted by Crippen LogP contribution is 2.31. The number of imidazole rings is 1. The number of carbonyl (C=O) groups is 1. The summed E-state index contributed by atoms with van der Waals surface area (Å²) >= 11 is 0. The van der Waals surface area contributed by atoms with Crippen molar-refractivity contribution >= 4 is 22.8 Å². The lowest BCUT2D eigenvalue weighted by Crippen LogP contribution is -2.04. The van der Waals surface area contributed by atoms with Gasteiger partial charge < -0.3 is 10.8 Å². The summed E-state index contributed by atoms with van der Waals surface area (Å²) in [5, 5.41) is 16.8. The highest BCUT2D eigenvalue weighted by molar-refractivity contribution is 6.02. The van der Waals surface area contributed by atoms with Gasteiger partial charge in [-0.2, -0.15) is 0 Å². The predicted molar refractivity (Wildman–Crippen MR) is 83.5 cm³/mol. The van der Waals surface area contributed by atoms with Crippen molar-refractivity contribution in [3.63, 3.8) is 0 Å². The number of carboxylic acid groups (broad SMARTS) is 1. The summed E-state index contributed by atoms with van der Waals surface area (Å²) in [7, 11) is 0. The standard InChI is InChI=1S/C15H10N6O3/c16-13-11(19-24-20-13)14-18-10-7-17-6-9(15(22)23)12(10)21(14)8-4-2-1-3-5-8/h1-7H,(H2,16,20)(H,22,23). The lowest BCUT2D eigenvalue weighted by Gasteiger charge is -2.09. The molecule has 3 aromatic heterocycles. The van der Waals surface area contributed by atoms with Crippen LogP contribution >= 0.6 is 0 Å². The molecular formula is C15H10N6O3. The van der Waals surface area contributed by atoms with Gasteiger partial charge in [-0.05, 0) is 22.4 Å². The van der Waals surface area contributed by atoms with E-state index in [-0.39, 0.29) is 17.1 Å². The van der Waals surface area contributed by atoms with Crippen molar-refractivity contribution < 1.29 is 14.5 Å². The largest absolute Gasteiger partial charge is 0.478 e. The number of fused-ring (bicyclic) bond motifs is 1. The number of rotatable bonds is 3. The first kappa shape index (κ1) is 13.9. The van der Waals surface area contributed by atoms with Crippen molar-refractivity contribution in [2.75, 3.05) is 5.73 Å². The van der Waals surface area contributed by atoms with Crippen LogP contribution in [0.15, 0.2) is 47.4 Å². The average molecular weight is 322 g/mol. The van der Waals surface area contributed by atoms with Crippen LogP contribution in [0.5, 0.6) is 0 Å². The summed E-state index contributed by atoms with van der Waals surface area (Å²) in [6.07, 6.45) is 2.76. The Bertz CT molecular complexity index is 1050. The number of aromatic nitrogens is 5. The van der Waals surface area contributed by atoms with E-state index < -0.39 is 5.97 Å². The van der Waals surface area contributed by atoms with E-state index in [1.54, 1.807) is 4.57 Å².